The number of hydrogen-bond acceptors (Lipinski definition) is 6. The van der Waals surface area contributed by atoms with Crippen LogP contribution in [0, 0.1) is 5.82 Å². The Bertz CT molecular complexity index is 1430. The lowest BCUT2D eigenvalue weighted by Crippen LogP contribution is -2.46. The second kappa shape index (κ2) is 11.2. The first kappa shape index (κ1) is 27.1. The van der Waals surface area contributed by atoms with Crippen LogP contribution in [0.4, 0.5) is 13.6 Å². The standard InChI is InChI=1S/C26H24ClF2N3O6/c1-14(33)19-12-31(21-9-17(6-7-18(19)21)38-26(36)37-2)13-23(34)32-11-16(28)8-22(32)25(35)30-10-15-4-3-5-20(27)24(15)29/h3-7,9,12,16,22H,8,10-11,13H2,1-2H3,(H,30,35)/t16-,22+/m1/s1. The van der Waals surface area contributed by atoms with Gasteiger partial charge in [-0.15, -0.1) is 0 Å². The van der Waals surface area contributed by atoms with Crippen molar-refractivity contribution in [3.8, 4) is 5.75 Å². The summed E-state index contributed by atoms with van der Waals surface area (Å²) >= 11 is 5.78. The molecule has 0 radical (unpaired) electrons. The van der Waals surface area contributed by atoms with Gasteiger partial charge in [0.1, 0.15) is 30.3 Å². The van der Waals surface area contributed by atoms with E-state index in [1.807, 2.05) is 0 Å². The predicted octanol–water partition coefficient (Wildman–Crippen LogP) is 4.04. The van der Waals surface area contributed by atoms with Crippen molar-refractivity contribution in [3.05, 3.63) is 64.6 Å². The highest BCUT2D eigenvalue weighted by molar-refractivity contribution is 6.30. The van der Waals surface area contributed by atoms with E-state index in [4.69, 9.17) is 16.3 Å². The summed E-state index contributed by atoms with van der Waals surface area (Å²) < 4.78 is 39.6. The predicted molar refractivity (Wildman–Crippen MR) is 133 cm³/mol. The highest BCUT2D eigenvalue weighted by Crippen LogP contribution is 2.28. The largest absolute Gasteiger partial charge is 0.513 e. The van der Waals surface area contributed by atoms with Gasteiger partial charge in [0.05, 0.1) is 24.2 Å². The van der Waals surface area contributed by atoms with Crippen molar-refractivity contribution in [1.82, 2.24) is 14.8 Å². The zero-order chi connectivity index (χ0) is 27.6. The van der Waals surface area contributed by atoms with E-state index in [0.29, 0.717) is 16.5 Å². The zero-order valence-corrected chi connectivity index (χ0v) is 21.3. The summed E-state index contributed by atoms with van der Waals surface area (Å²) in [6.07, 6.45) is -1.10. The van der Waals surface area contributed by atoms with Gasteiger partial charge in [0, 0.05) is 41.7 Å². The number of rotatable bonds is 7. The lowest BCUT2D eigenvalue weighted by atomic mass is 10.1. The maximum absolute atomic E-state index is 14.4. The Morgan fingerprint density at radius 2 is 1.95 bits per heavy atom. The molecule has 3 aromatic rings. The monoisotopic (exact) mass is 547 g/mol. The van der Waals surface area contributed by atoms with Crippen LogP contribution in [-0.4, -0.2) is 59.1 Å². The summed E-state index contributed by atoms with van der Waals surface area (Å²) in [4.78, 5) is 51.0. The lowest BCUT2D eigenvalue weighted by Gasteiger charge is -2.24. The third kappa shape index (κ3) is 5.62. The third-order valence-corrected chi connectivity index (χ3v) is 6.56. The van der Waals surface area contributed by atoms with Crippen LogP contribution >= 0.6 is 11.6 Å². The zero-order valence-electron chi connectivity index (χ0n) is 20.5. The molecule has 1 aliphatic heterocycles. The van der Waals surface area contributed by atoms with E-state index in [-0.39, 0.29) is 48.2 Å². The van der Waals surface area contributed by atoms with Crippen LogP contribution in [0.5, 0.6) is 5.75 Å². The molecular weight excluding hydrogens is 524 g/mol. The number of likely N-dealkylation sites (tertiary alicyclic amines) is 1. The van der Waals surface area contributed by atoms with Gasteiger partial charge in [-0.1, -0.05) is 23.7 Å². The number of carbonyl (C=O) groups is 4. The summed E-state index contributed by atoms with van der Waals surface area (Å²) in [5, 5.41) is 2.97. The summed E-state index contributed by atoms with van der Waals surface area (Å²) in [5.74, 6) is -1.99. The van der Waals surface area contributed by atoms with Gasteiger partial charge in [-0.05, 0) is 25.1 Å². The normalized spacial score (nSPS) is 16.9. The minimum absolute atomic E-state index is 0.0951. The lowest BCUT2D eigenvalue weighted by molar-refractivity contribution is -0.139. The first-order valence-electron chi connectivity index (χ1n) is 11.6. The molecular formula is C26H24ClF2N3O6. The Kier molecular flexibility index (Phi) is 7.96. The van der Waals surface area contributed by atoms with Crippen LogP contribution in [0.3, 0.4) is 0 Å². The van der Waals surface area contributed by atoms with Gasteiger partial charge in [-0.25, -0.2) is 13.6 Å². The molecule has 0 bridgehead atoms. The van der Waals surface area contributed by atoms with Gasteiger partial charge < -0.3 is 24.3 Å². The van der Waals surface area contributed by atoms with Crippen LogP contribution in [0.1, 0.15) is 29.3 Å². The number of carbonyl (C=O) groups excluding carboxylic acids is 4. The van der Waals surface area contributed by atoms with Crippen molar-refractivity contribution in [2.24, 2.45) is 0 Å². The van der Waals surface area contributed by atoms with Gasteiger partial charge in [-0.3, -0.25) is 14.4 Å². The molecule has 38 heavy (non-hydrogen) atoms. The molecule has 2 atom stereocenters. The summed E-state index contributed by atoms with van der Waals surface area (Å²) in [6, 6.07) is 7.79. The van der Waals surface area contributed by atoms with Gasteiger partial charge in [0.15, 0.2) is 5.78 Å². The first-order chi connectivity index (χ1) is 18.1. The Hall–Kier alpha value is -3.99. The molecule has 1 fully saturated rings. The van der Waals surface area contributed by atoms with Crippen LogP contribution in [-0.2, 0) is 27.4 Å². The van der Waals surface area contributed by atoms with Gasteiger partial charge in [0.25, 0.3) is 0 Å². The van der Waals surface area contributed by atoms with E-state index in [1.165, 1.54) is 48.0 Å². The Morgan fingerprint density at radius 3 is 2.66 bits per heavy atom. The van der Waals surface area contributed by atoms with E-state index in [2.05, 4.69) is 10.1 Å². The second-order valence-electron chi connectivity index (χ2n) is 8.79. The highest BCUT2D eigenvalue weighted by Gasteiger charge is 2.39. The van der Waals surface area contributed by atoms with E-state index >= 15 is 0 Å². The number of halogens is 3. The van der Waals surface area contributed by atoms with E-state index in [0.717, 1.165) is 12.0 Å². The number of nitrogens with zero attached hydrogens (tertiary/aromatic N) is 2. The first-order valence-corrected chi connectivity index (χ1v) is 12.0. The molecule has 0 unspecified atom stereocenters. The molecule has 1 aliphatic rings. The van der Waals surface area contributed by atoms with Crippen molar-refractivity contribution in [2.75, 3.05) is 13.7 Å². The third-order valence-electron chi connectivity index (χ3n) is 6.26. The fraction of sp³-hybridized carbons (Fsp3) is 0.308. The second-order valence-corrected chi connectivity index (χ2v) is 9.19. The quantitative estimate of drug-likeness (QED) is 0.272. The molecule has 2 aromatic carbocycles. The number of amides is 2. The minimum Gasteiger partial charge on any atom is -0.437 e. The molecule has 12 heteroatoms. The van der Waals surface area contributed by atoms with Crippen molar-refractivity contribution in [2.45, 2.75) is 38.6 Å². The van der Waals surface area contributed by atoms with E-state index in [9.17, 15) is 28.0 Å². The number of ether oxygens (including phenoxy) is 2. The smallest absolute Gasteiger partial charge is 0.437 e. The van der Waals surface area contributed by atoms with Crippen molar-refractivity contribution in [1.29, 1.82) is 0 Å². The topological polar surface area (TPSA) is 107 Å². The number of Topliss-reactive ketones (excluding diaryl/α,β-unsaturated/α-hetero) is 1. The molecule has 4 rings (SSSR count). The SMILES string of the molecule is COC(=O)Oc1ccc2c(C(C)=O)cn(CC(=O)N3C[C@H](F)C[C@H]3C(=O)NCc3cccc(Cl)c3F)c2c1. The van der Waals surface area contributed by atoms with Gasteiger partial charge in [0.2, 0.25) is 11.8 Å². The number of benzene rings is 2. The minimum atomic E-state index is -1.42. The van der Waals surface area contributed by atoms with Crippen molar-refractivity contribution in [3.63, 3.8) is 0 Å². The number of hydrogen-bond donors (Lipinski definition) is 1. The van der Waals surface area contributed by atoms with Gasteiger partial charge in [-0.2, -0.15) is 0 Å². The summed E-state index contributed by atoms with van der Waals surface area (Å²) in [5.41, 5.74) is 0.900. The Morgan fingerprint density at radius 1 is 1.18 bits per heavy atom. The molecule has 1 N–H and O–H groups in total. The van der Waals surface area contributed by atoms with E-state index in [1.54, 1.807) is 6.07 Å². The molecule has 1 saturated heterocycles. The number of nitrogens with one attached hydrogen (secondary N) is 1. The average Bonchev–Trinajstić information content (AvgIpc) is 3.45. The maximum atomic E-state index is 14.4. The average molecular weight is 548 g/mol. The highest BCUT2D eigenvalue weighted by atomic mass is 35.5. The van der Waals surface area contributed by atoms with Crippen LogP contribution in [0.2, 0.25) is 5.02 Å². The molecule has 9 nitrogen and oxygen atoms in total. The molecule has 0 spiro atoms. The maximum Gasteiger partial charge on any atom is 0.513 e. The van der Waals surface area contributed by atoms with Crippen LogP contribution in [0.15, 0.2) is 42.6 Å². The van der Waals surface area contributed by atoms with E-state index < -0.39 is 36.0 Å². The number of fused-ring (bicyclic) bond motifs is 1. The fourth-order valence-corrected chi connectivity index (χ4v) is 4.61. The Labute approximate surface area is 221 Å². The van der Waals surface area contributed by atoms with Crippen LogP contribution < -0.4 is 10.1 Å². The summed E-state index contributed by atoms with van der Waals surface area (Å²) in [7, 11) is 1.16. The molecule has 200 valence electrons. The molecule has 0 aliphatic carbocycles. The number of alkyl halides is 1. The van der Waals surface area contributed by atoms with Crippen LogP contribution in [0.25, 0.3) is 10.9 Å². The molecule has 2 amide bonds. The summed E-state index contributed by atoms with van der Waals surface area (Å²) in [6.45, 7) is 0.577. The number of aromatic nitrogens is 1. The number of methoxy groups -OCH3 is 1. The van der Waals surface area contributed by atoms with Crippen molar-refractivity contribution < 1.29 is 37.4 Å². The molecule has 0 saturated carbocycles. The van der Waals surface area contributed by atoms with Gasteiger partial charge >= 0.3 is 6.16 Å². The Balaban J connectivity index is 1.54. The number of ketones is 1. The molecule has 1 aromatic heterocycles. The molecule has 2 heterocycles. The fourth-order valence-electron chi connectivity index (χ4n) is 4.42. The van der Waals surface area contributed by atoms with Crippen molar-refractivity contribution >= 4 is 46.3 Å².